The molecular formula is C21H20N2O6S. The zero-order valence-electron chi connectivity index (χ0n) is 16.5. The highest BCUT2D eigenvalue weighted by molar-refractivity contribution is 7.17. The third kappa shape index (κ3) is 3.80. The van der Waals surface area contributed by atoms with Crippen LogP contribution in [0, 0.1) is 0 Å². The van der Waals surface area contributed by atoms with E-state index in [1.807, 2.05) is 0 Å². The average Bonchev–Trinajstić information content (AvgIpc) is 3.36. The van der Waals surface area contributed by atoms with Crippen molar-refractivity contribution in [2.24, 2.45) is 0 Å². The molecule has 0 spiro atoms. The number of nitrogens with one attached hydrogen (secondary N) is 1. The van der Waals surface area contributed by atoms with Gasteiger partial charge in [-0.05, 0) is 56.4 Å². The quantitative estimate of drug-likeness (QED) is 0.617. The van der Waals surface area contributed by atoms with Gasteiger partial charge in [-0.1, -0.05) is 0 Å². The molecule has 0 bridgehead atoms. The second kappa shape index (κ2) is 8.27. The van der Waals surface area contributed by atoms with Crippen molar-refractivity contribution in [2.45, 2.75) is 38.7 Å². The van der Waals surface area contributed by atoms with Crippen LogP contribution in [0.3, 0.4) is 0 Å². The number of aromatic nitrogens is 1. The molecule has 3 aromatic rings. The molecule has 2 aromatic heterocycles. The predicted octanol–water partition coefficient (Wildman–Crippen LogP) is 3.74. The first-order valence-electron chi connectivity index (χ1n) is 9.56. The molecule has 0 saturated heterocycles. The van der Waals surface area contributed by atoms with Gasteiger partial charge in [0, 0.05) is 4.88 Å². The van der Waals surface area contributed by atoms with Crippen molar-refractivity contribution in [3.05, 3.63) is 46.2 Å². The van der Waals surface area contributed by atoms with Crippen LogP contribution in [0.1, 0.15) is 50.9 Å². The molecule has 30 heavy (non-hydrogen) atoms. The van der Waals surface area contributed by atoms with E-state index in [1.165, 1.54) is 37.8 Å². The SMILES string of the molecule is COC(=O)c1c(NC(=O)C(C)OC(=O)c2ccc3ocnc3c2)sc2c1CCCC2. The zero-order valence-corrected chi connectivity index (χ0v) is 17.3. The summed E-state index contributed by atoms with van der Waals surface area (Å²) in [5.74, 6) is -1.65. The van der Waals surface area contributed by atoms with Gasteiger partial charge < -0.3 is 19.2 Å². The predicted molar refractivity (Wildman–Crippen MR) is 110 cm³/mol. The molecule has 1 unspecified atom stereocenters. The van der Waals surface area contributed by atoms with Crippen LogP contribution in [-0.2, 0) is 27.1 Å². The van der Waals surface area contributed by atoms with Crippen molar-refractivity contribution in [2.75, 3.05) is 12.4 Å². The number of oxazole rings is 1. The number of aryl methyl sites for hydroxylation is 1. The highest BCUT2D eigenvalue weighted by Crippen LogP contribution is 2.38. The molecule has 0 fully saturated rings. The first-order valence-corrected chi connectivity index (χ1v) is 10.4. The maximum absolute atomic E-state index is 12.7. The average molecular weight is 428 g/mol. The maximum atomic E-state index is 12.7. The second-order valence-electron chi connectivity index (χ2n) is 6.98. The minimum absolute atomic E-state index is 0.262. The van der Waals surface area contributed by atoms with Gasteiger partial charge >= 0.3 is 11.9 Å². The molecule has 2 heterocycles. The lowest BCUT2D eigenvalue weighted by atomic mass is 9.95. The van der Waals surface area contributed by atoms with E-state index in [0.717, 1.165) is 36.1 Å². The van der Waals surface area contributed by atoms with Gasteiger partial charge in [-0.15, -0.1) is 11.3 Å². The van der Waals surface area contributed by atoms with Gasteiger partial charge in [-0.25, -0.2) is 14.6 Å². The Morgan fingerprint density at radius 3 is 2.80 bits per heavy atom. The first-order chi connectivity index (χ1) is 14.5. The van der Waals surface area contributed by atoms with E-state index >= 15 is 0 Å². The molecule has 4 rings (SSSR count). The van der Waals surface area contributed by atoms with Crippen molar-refractivity contribution in [3.8, 4) is 0 Å². The number of benzene rings is 1. The van der Waals surface area contributed by atoms with Crippen LogP contribution in [0.15, 0.2) is 29.0 Å². The molecule has 1 aliphatic carbocycles. The maximum Gasteiger partial charge on any atom is 0.341 e. The van der Waals surface area contributed by atoms with Crippen LogP contribution < -0.4 is 5.32 Å². The molecular weight excluding hydrogens is 408 g/mol. The number of carbonyl (C=O) groups is 3. The van der Waals surface area contributed by atoms with Crippen LogP contribution in [0.4, 0.5) is 5.00 Å². The van der Waals surface area contributed by atoms with E-state index in [1.54, 1.807) is 12.1 Å². The Labute approximate surface area is 176 Å². The Morgan fingerprint density at radius 2 is 2.00 bits per heavy atom. The fraction of sp³-hybridized carbons (Fsp3) is 0.333. The van der Waals surface area contributed by atoms with Crippen molar-refractivity contribution >= 4 is 45.3 Å². The van der Waals surface area contributed by atoms with Gasteiger partial charge in [-0.3, -0.25) is 4.79 Å². The standard InChI is InChI=1S/C21H20N2O6S/c1-11(29-20(25)12-7-8-15-14(9-12)22-10-28-15)18(24)23-19-17(21(26)27-2)13-5-3-4-6-16(13)30-19/h7-11H,3-6H2,1-2H3,(H,23,24). The van der Waals surface area contributed by atoms with Gasteiger partial charge in [-0.2, -0.15) is 0 Å². The van der Waals surface area contributed by atoms with E-state index in [2.05, 4.69) is 10.3 Å². The topological polar surface area (TPSA) is 108 Å². The van der Waals surface area contributed by atoms with Crippen molar-refractivity contribution < 1.29 is 28.3 Å². The lowest BCUT2D eigenvalue weighted by Crippen LogP contribution is -2.30. The second-order valence-corrected chi connectivity index (χ2v) is 8.08. The summed E-state index contributed by atoms with van der Waals surface area (Å²) >= 11 is 1.38. The number of hydrogen-bond donors (Lipinski definition) is 1. The summed E-state index contributed by atoms with van der Waals surface area (Å²) in [5.41, 5.74) is 2.68. The minimum atomic E-state index is -1.06. The van der Waals surface area contributed by atoms with E-state index in [4.69, 9.17) is 13.9 Å². The van der Waals surface area contributed by atoms with Crippen molar-refractivity contribution in [1.29, 1.82) is 0 Å². The number of thiophene rings is 1. The molecule has 1 aliphatic rings. The van der Waals surface area contributed by atoms with Crippen LogP contribution >= 0.6 is 11.3 Å². The fourth-order valence-electron chi connectivity index (χ4n) is 3.45. The van der Waals surface area contributed by atoms with Crippen molar-refractivity contribution in [1.82, 2.24) is 4.98 Å². The zero-order chi connectivity index (χ0) is 21.3. The molecule has 1 amide bonds. The third-order valence-corrected chi connectivity index (χ3v) is 6.22. The summed E-state index contributed by atoms with van der Waals surface area (Å²) in [4.78, 5) is 42.5. The summed E-state index contributed by atoms with van der Waals surface area (Å²) in [6, 6.07) is 4.69. The number of amides is 1. The smallest absolute Gasteiger partial charge is 0.341 e. The van der Waals surface area contributed by atoms with Crippen LogP contribution in [0.2, 0.25) is 0 Å². The molecule has 1 N–H and O–H groups in total. The Bertz CT molecular complexity index is 1130. The molecule has 1 aromatic carbocycles. The highest BCUT2D eigenvalue weighted by Gasteiger charge is 2.28. The van der Waals surface area contributed by atoms with Gasteiger partial charge in [0.05, 0.1) is 18.2 Å². The lowest BCUT2D eigenvalue weighted by molar-refractivity contribution is -0.123. The Balaban J connectivity index is 1.48. The van der Waals surface area contributed by atoms with E-state index in [9.17, 15) is 14.4 Å². The highest BCUT2D eigenvalue weighted by atomic mass is 32.1. The number of esters is 2. The lowest BCUT2D eigenvalue weighted by Gasteiger charge is -2.14. The largest absolute Gasteiger partial charge is 0.465 e. The van der Waals surface area contributed by atoms with Gasteiger partial charge in [0.2, 0.25) is 0 Å². The molecule has 9 heteroatoms. The number of carbonyl (C=O) groups excluding carboxylic acids is 3. The molecule has 156 valence electrons. The summed E-state index contributed by atoms with van der Waals surface area (Å²) in [6.45, 7) is 1.48. The molecule has 0 saturated carbocycles. The van der Waals surface area contributed by atoms with E-state index < -0.39 is 23.9 Å². The molecule has 1 atom stereocenters. The first kappa shape index (κ1) is 20.1. The van der Waals surface area contributed by atoms with Crippen molar-refractivity contribution in [3.63, 3.8) is 0 Å². The number of anilines is 1. The fourth-order valence-corrected chi connectivity index (χ4v) is 4.73. The molecule has 0 aliphatic heterocycles. The Kier molecular flexibility index (Phi) is 5.54. The van der Waals surface area contributed by atoms with Crippen LogP contribution in [0.5, 0.6) is 0 Å². The third-order valence-electron chi connectivity index (χ3n) is 5.02. The number of fused-ring (bicyclic) bond motifs is 2. The summed E-state index contributed by atoms with van der Waals surface area (Å²) in [6.07, 6.45) is 3.91. The normalized spacial score (nSPS) is 14.1. The number of ether oxygens (including phenoxy) is 2. The summed E-state index contributed by atoms with van der Waals surface area (Å²) < 4.78 is 15.4. The molecule has 8 nitrogen and oxygen atoms in total. The minimum Gasteiger partial charge on any atom is -0.465 e. The van der Waals surface area contributed by atoms with E-state index in [0.29, 0.717) is 21.7 Å². The Morgan fingerprint density at radius 1 is 1.20 bits per heavy atom. The van der Waals surface area contributed by atoms with Crippen LogP contribution in [-0.4, -0.2) is 36.0 Å². The number of hydrogen-bond acceptors (Lipinski definition) is 8. The number of nitrogens with zero attached hydrogens (tertiary/aromatic N) is 1. The number of rotatable bonds is 5. The summed E-state index contributed by atoms with van der Waals surface area (Å²) in [5, 5.41) is 3.18. The van der Waals surface area contributed by atoms with Gasteiger partial charge in [0.25, 0.3) is 5.91 Å². The van der Waals surface area contributed by atoms with E-state index in [-0.39, 0.29) is 5.56 Å². The van der Waals surface area contributed by atoms with Crippen LogP contribution in [0.25, 0.3) is 11.1 Å². The Hall–Kier alpha value is -3.20. The monoisotopic (exact) mass is 428 g/mol. The van der Waals surface area contributed by atoms with Gasteiger partial charge in [0.1, 0.15) is 10.5 Å². The molecule has 0 radical (unpaired) electrons. The summed E-state index contributed by atoms with van der Waals surface area (Å²) in [7, 11) is 1.32. The van der Waals surface area contributed by atoms with Gasteiger partial charge in [0.15, 0.2) is 18.1 Å². The number of methoxy groups -OCH3 is 1.